The number of hydrogen-bond donors (Lipinski definition) is 1. The molecule has 0 aromatic heterocycles. The maximum atomic E-state index is 12.2. The highest BCUT2D eigenvalue weighted by atomic mass is 79.9. The number of anilines is 1. The molecule has 0 saturated carbocycles. The van der Waals surface area contributed by atoms with Crippen molar-refractivity contribution in [2.24, 2.45) is 0 Å². The van der Waals surface area contributed by atoms with Gasteiger partial charge in [-0.15, -0.1) is 0 Å². The second-order valence-corrected chi connectivity index (χ2v) is 6.11. The summed E-state index contributed by atoms with van der Waals surface area (Å²) in [7, 11) is 0. The Morgan fingerprint density at radius 1 is 1.19 bits per heavy atom. The quantitative estimate of drug-likeness (QED) is 0.586. The molecule has 5 nitrogen and oxygen atoms in total. The minimum Gasteiger partial charge on any atom is -0.322 e. The molecular formula is C14H10Br2N2O3. The Morgan fingerprint density at radius 3 is 2.57 bits per heavy atom. The first kappa shape index (κ1) is 15.7. The Balaban J connectivity index is 2.29. The fourth-order valence-electron chi connectivity index (χ4n) is 1.75. The van der Waals surface area contributed by atoms with Crippen LogP contribution in [0.15, 0.2) is 45.3 Å². The summed E-state index contributed by atoms with van der Waals surface area (Å²) in [6.07, 6.45) is 0. The molecule has 1 N–H and O–H groups in total. The third-order valence-corrected chi connectivity index (χ3v) is 4.02. The van der Waals surface area contributed by atoms with Crippen LogP contribution in [0.1, 0.15) is 15.9 Å². The highest BCUT2D eigenvalue weighted by Crippen LogP contribution is 2.25. The molecule has 21 heavy (non-hydrogen) atoms. The zero-order valence-corrected chi connectivity index (χ0v) is 14.1. The predicted molar refractivity (Wildman–Crippen MR) is 87.6 cm³/mol. The van der Waals surface area contributed by atoms with E-state index in [2.05, 4.69) is 37.2 Å². The molecule has 0 aliphatic heterocycles. The van der Waals surface area contributed by atoms with Crippen molar-refractivity contribution in [1.82, 2.24) is 0 Å². The number of nitro groups is 1. The molecule has 7 heteroatoms. The average Bonchev–Trinajstić information content (AvgIpc) is 2.43. The first-order valence-corrected chi connectivity index (χ1v) is 7.48. The number of nitrogens with one attached hydrogen (secondary N) is 1. The van der Waals surface area contributed by atoms with Gasteiger partial charge in [-0.2, -0.15) is 0 Å². The number of amides is 1. The number of carbonyl (C=O) groups excluding carboxylic acids is 1. The van der Waals surface area contributed by atoms with Crippen molar-refractivity contribution in [3.8, 4) is 0 Å². The summed E-state index contributed by atoms with van der Waals surface area (Å²) in [5.74, 6) is -0.346. The van der Waals surface area contributed by atoms with Crippen LogP contribution in [0, 0.1) is 17.0 Å². The van der Waals surface area contributed by atoms with E-state index in [1.807, 2.05) is 0 Å². The van der Waals surface area contributed by atoms with E-state index in [1.165, 1.54) is 6.07 Å². The number of hydrogen-bond acceptors (Lipinski definition) is 3. The molecule has 0 radical (unpaired) electrons. The molecule has 0 bridgehead atoms. The van der Waals surface area contributed by atoms with Gasteiger partial charge in [0, 0.05) is 26.3 Å². The molecule has 0 saturated heterocycles. The first-order valence-electron chi connectivity index (χ1n) is 5.90. The fraction of sp³-hybridized carbons (Fsp3) is 0.0714. The fourth-order valence-corrected chi connectivity index (χ4v) is 2.54. The van der Waals surface area contributed by atoms with E-state index < -0.39 is 4.92 Å². The number of halogens is 2. The Labute approximate surface area is 137 Å². The molecule has 2 aromatic carbocycles. The van der Waals surface area contributed by atoms with Crippen molar-refractivity contribution in [2.45, 2.75) is 6.92 Å². The van der Waals surface area contributed by atoms with E-state index in [-0.39, 0.29) is 11.6 Å². The minimum atomic E-state index is -0.472. The maximum Gasteiger partial charge on any atom is 0.274 e. The van der Waals surface area contributed by atoms with Crippen molar-refractivity contribution in [1.29, 1.82) is 0 Å². The van der Waals surface area contributed by atoms with Gasteiger partial charge in [-0.1, -0.05) is 22.0 Å². The van der Waals surface area contributed by atoms with Crippen LogP contribution >= 0.6 is 31.9 Å². The zero-order valence-electron chi connectivity index (χ0n) is 10.9. The van der Waals surface area contributed by atoms with E-state index >= 15 is 0 Å². The molecule has 0 fully saturated rings. The van der Waals surface area contributed by atoms with Crippen LogP contribution in [0.25, 0.3) is 0 Å². The molecule has 108 valence electrons. The number of rotatable bonds is 3. The van der Waals surface area contributed by atoms with E-state index in [9.17, 15) is 14.9 Å². The van der Waals surface area contributed by atoms with Crippen LogP contribution in [0.2, 0.25) is 0 Å². The van der Waals surface area contributed by atoms with Crippen molar-refractivity contribution < 1.29 is 9.72 Å². The lowest BCUT2D eigenvalue weighted by Crippen LogP contribution is -2.12. The van der Waals surface area contributed by atoms with E-state index in [4.69, 9.17) is 0 Å². The van der Waals surface area contributed by atoms with Gasteiger partial charge in [-0.3, -0.25) is 14.9 Å². The van der Waals surface area contributed by atoms with E-state index in [0.717, 1.165) is 4.47 Å². The van der Waals surface area contributed by atoms with Gasteiger partial charge in [0.25, 0.3) is 11.6 Å². The molecule has 0 spiro atoms. The largest absolute Gasteiger partial charge is 0.322 e. The van der Waals surface area contributed by atoms with Gasteiger partial charge in [0.2, 0.25) is 0 Å². The molecule has 0 heterocycles. The molecule has 0 atom stereocenters. The number of nitrogens with zero attached hydrogens (tertiary/aromatic N) is 1. The zero-order chi connectivity index (χ0) is 15.6. The van der Waals surface area contributed by atoms with Crippen LogP contribution < -0.4 is 5.32 Å². The third-order valence-electron chi connectivity index (χ3n) is 2.84. The molecule has 0 aliphatic rings. The van der Waals surface area contributed by atoms with Gasteiger partial charge in [0.15, 0.2) is 0 Å². The number of nitro benzene ring substituents is 1. The summed E-state index contributed by atoms with van der Waals surface area (Å²) in [6, 6.07) is 9.80. The molecule has 2 aromatic rings. The van der Waals surface area contributed by atoms with Crippen molar-refractivity contribution in [2.75, 3.05) is 5.32 Å². The maximum absolute atomic E-state index is 12.2. The SMILES string of the molecule is Cc1ccc(NC(=O)c2cc(Br)ccc2Br)cc1[N+](=O)[O-]. The second kappa shape index (κ2) is 6.36. The summed E-state index contributed by atoms with van der Waals surface area (Å²) in [6.45, 7) is 1.65. The highest BCUT2D eigenvalue weighted by molar-refractivity contribution is 9.11. The predicted octanol–water partition coefficient (Wildman–Crippen LogP) is 4.68. The summed E-state index contributed by atoms with van der Waals surface area (Å²) >= 11 is 6.60. The smallest absolute Gasteiger partial charge is 0.274 e. The molecular weight excluding hydrogens is 404 g/mol. The lowest BCUT2D eigenvalue weighted by atomic mass is 10.1. The Kier molecular flexibility index (Phi) is 4.74. The normalized spacial score (nSPS) is 10.2. The van der Waals surface area contributed by atoms with Crippen LogP contribution in [-0.2, 0) is 0 Å². The topological polar surface area (TPSA) is 72.2 Å². The molecule has 1 amide bonds. The summed E-state index contributed by atoms with van der Waals surface area (Å²) in [4.78, 5) is 22.7. The molecule has 2 rings (SSSR count). The minimum absolute atomic E-state index is 0.0268. The van der Waals surface area contributed by atoms with E-state index in [1.54, 1.807) is 37.3 Å². The van der Waals surface area contributed by atoms with Gasteiger partial charge in [-0.25, -0.2) is 0 Å². The van der Waals surface area contributed by atoms with Gasteiger partial charge < -0.3 is 5.32 Å². The highest BCUT2D eigenvalue weighted by Gasteiger charge is 2.14. The number of benzene rings is 2. The average molecular weight is 414 g/mol. The van der Waals surface area contributed by atoms with Gasteiger partial charge in [0.1, 0.15) is 0 Å². The first-order chi connectivity index (χ1) is 9.88. The number of carbonyl (C=O) groups is 1. The molecule has 0 unspecified atom stereocenters. The Morgan fingerprint density at radius 2 is 1.90 bits per heavy atom. The monoisotopic (exact) mass is 412 g/mol. The van der Waals surface area contributed by atoms with Crippen LogP contribution in [-0.4, -0.2) is 10.8 Å². The lowest BCUT2D eigenvalue weighted by Gasteiger charge is -2.08. The summed E-state index contributed by atoms with van der Waals surface area (Å²) in [5.41, 5.74) is 1.33. The van der Waals surface area contributed by atoms with Crippen molar-refractivity contribution in [3.63, 3.8) is 0 Å². The van der Waals surface area contributed by atoms with Crippen LogP contribution in [0.4, 0.5) is 11.4 Å². The van der Waals surface area contributed by atoms with Gasteiger partial charge in [0.05, 0.1) is 10.5 Å². The second-order valence-electron chi connectivity index (χ2n) is 4.34. The van der Waals surface area contributed by atoms with Crippen LogP contribution in [0.5, 0.6) is 0 Å². The van der Waals surface area contributed by atoms with Gasteiger partial charge >= 0.3 is 0 Å². The summed E-state index contributed by atoms with van der Waals surface area (Å²) in [5, 5.41) is 13.6. The van der Waals surface area contributed by atoms with Crippen molar-refractivity contribution in [3.05, 3.63) is 66.6 Å². The van der Waals surface area contributed by atoms with Crippen molar-refractivity contribution >= 4 is 49.1 Å². The lowest BCUT2D eigenvalue weighted by molar-refractivity contribution is -0.385. The Bertz CT molecular complexity index is 732. The van der Waals surface area contributed by atoms with E-state index in [0.29, 0.717) is 21.3 Å². The van der Waals surface area contributed by atoms with Gasteiger partial charge in [-0.05, 0) is 47.1 Å². The number of aryl methyl sites for hydroxylation is 1. The standard InChI is InChI=1S/C14H10Br2N2O3/c1-8-2-4-10(7-13(8)18(20)21)17-14(19)11-6-9(15)3-5-12(11)16/h2-7H,1H3,(H,17,19). The molecule has 0 aliphatic carbocycles. The van der Waals surface area contributed by atoms with Crippen LogP contribution in [0.3, 0.4) is 0 Å². The third kappa shape index (κ3) is 3.68. The summed E-state index contributed by atoms with van der Waals surface area (Å²) < 4.78 is 1.41. The Hall–Kier alpha value is -1.73.